The molecule has 0 saturated heterocycles. The van der Waals surface area contributed by atoms with Gasteiger partial charge in [-0.25, -0.2) is 0 Å². The summed E-state index contributed by atoms with van der Waals surface area (Å²) in [6.45, 7) is 2.57. The summed E-state index contributed by atoms with van der Waals surface area (Å²) < 4.78 is 1.92. The smallest absolute Gasteiger partial charge is 0.268 e. The number of hydrogen-bond donors (Lipinski definition) is 1. The highest BCUT2D eigenvalue weighted by molar-refractivity contribution is 6.11. The average molecular weight is 377 g/mol. The van der Waals surface area contributed by atoms with Crippen LogP contribution in [0, 0.1) is 6.92 Å². The first-order valence-electron chi connectivity index (χ1n) is 9.93. The van der Waals surface area contributed by atoms with Gasteiger partial charge in [-0.15, -0.1) is 0 Å². The van der Waals surface area contributed by atoms with E-state index in [0.29, 0.717) is 24.4 Å². The van der Waals surface area contributed by atoms with Gasteiger partial charge < -0.3 is 14.8 Å². The summed E-state index contributed by atoms with van der Waals surface area (Å²) in [6.07, 6.45) is 5.48. The fraction of sp³-hybridized carbons (Fsp3) is 0.391. The molecular formula is C23H27N3O2. The number of benzene rings is 1. The number of aryl methyl sites for hydroxylation is 2. The molecular weight excluding hydrogens is 350 g/mol. The van der Waals surface area contributed by atoms with Crippen LogP contribution in [0.15, 0.2) is 42.1 Å². The van der Waals surface area contributed by atoms with Crippen LogP contribution in [0.2, 0.25) is 0 Å². The van der Waals surface area contributed by atoms with Gasteiger partial charge in [-0.05, 0) is 49.8 Å². The van der Waals surface area contributed by atoms with E-state index in [1.165, 1.54) is 5.56 Å². The maximum atomic E-state index is 13.2. The number of rotatable bonds is 5. The quantitative estimate of drug-likeness (QED) is 0.814. The molecule has 5 heteroatoms. The van der Waals surface area contributed by atoms with Crippen molar-refractivity contribution >= 4 is 11.7 Å². The molecule has 5 nitrogen and oxygen atoms in total. The number of fused-ring (bicyclic) bond motifs is 1. The van der Waals surface area contributed by atoms with Crippen molar-refractivity contribution in [3.05, 3.63) is 70.2 Å². The summed E-state index contributed by atoms with van der Waals surface area (Å²) >= 11 is 0. The van der Waals surface area contributed by atoms with Gasteiger partial charge in [-0.1, -0.05) is 29.8 Å². The van der Waals surface area contributed by atoms with Crippen LogP contribution in [-0.4, -0.2) is 41.3 Å². The molecule has 2 aromatic rings. The molecule has 0 bridgehead atoms. The Bertz CT molecular complexity index is 947. The molecule has 1 aromatic carbocycles. The molecule has 4 rings (SSSR count). The van der Waals surface area contributed by atoms with E-state index in [-0.39, 0.29) is 17.7 Å². The van der Waals surface area contributed by atoms with E-state index in [2.05, 4.69) is 36.5 Å². The summed E-state index contributed by atoms with van der Waals surface area (Å²) in [5, 5.41) is 3.08. The third-order valence-electron chi connectivity index (χ3n) is 5.37. The standard InChI is InChI=1S/C23H27N3O2/c1-15-4-6-16(7-5-15)13-26-20(23(28)24-19-10-11-19)12-17-8-9-18(14-25(2)3)22(27)21(17)26/h4-7,12,14,19H,8-11,13H2,1-3H3,(H,24,28)/b18-14+. The Balaban J connectivity index is 1.76. The fourth-order valence-electron chi connectivity index (χ4n) is 3.75. The number of ketones is 1. The lowest BCUT2D eigenvalue weighted by Crippen LogP contribution is -2.29. The number of carbonyl (C=O) groups is 2. The number of Topliss-reactive ketones (excluding diaryl/α,β-unsaturated/α-hetero) is 1. The highest BCUT2D eigenvalue weighted by Crippen LogP contribution is 2.30. The van der Waals surface area contributed by atoms with Crippen LogP contribution in [0.25, 0.3) is 0 Å². The number of carbonyl (C=O) groups excluding carboxylic acids is 2. The van der Waals surface area contributed by atoms with Crippen LogP contribution in [0.3, 0.4) is 0 Å². The molecule has 1 N–H and O–H groups in total. The second-order valence-electron chi connectivity index (χ2n) is 8.17. The van der Waals surface area contributed by atoms with Crippen molar-refractivity contribution in [2.24, 2.45) is 0 Å². The van der Waals surface area contributed by atoms with Crippen molar-refractivity contribution in [1.82, 2.24) is 14.8 Å². The minimum absolute atomic E-state index is 0.0348. The van der Waals surface area contributed by atoms with Gasteiger partial charge in [0.05, 0.1) is 5.69 Å². The van der Waals surface area contributed by atoms with Gasteiger partial charge in [0.15, 0.2) is 0 Å². The molecule has 2 aliphatic rings. The van der Waals surface area contributed by atoms with Gasteiger partial charge in [0, 0.05) is 38.5 Å². The Kier molecular flexibility index (Phi) is 4.84. The Morgan fingerprint density at radius 3 is 2.57 bits per heavy atom. The predicted molar refractivity (Wildman–Crippen MR) is 110 cm³/mol. The minimum atomic E-state index is -0.0741. The van der Waals surface area contributed by atoms with E-state index < -0.39 is 0 Å². The normalized spacial score (nSPS) is 17.5. The number of nitrogens with zero attached hydrogens (tertiary/aromatic N) is 2. The van der Waals surface area contributed by atoms with Crippen LogP contribution in [-0.2, 0) is 13.0 Å². The largest absolute Gasteiger partial charge is 0.383 e. The van der Waals surface area contributed by atoms with Crippen LogP contribution in [0.4, 0.5) is 0 Å². The van der Waals surface area contributed by atoms with Crippen molar-refractivity contribution in [2.75, 3.05) is 14.1 Å². The maximum Gasteiger partial charge on any atom is 0.268 e. The predicted octanol–water partition coefficient (Wildman–Crippen LogP) is 3.31. The first-order valence-corrected chi connectivity index (χ1v) is 9.93. The average Bonchev–Trinajstić information content (AvgIpc) is 3.38. The molecule has 0 spiro atoms. The number of aromatic nitrogens is 1. The molecule has 1 saturated carbocycles. The second kappa shape index (κ2) is 7.30. The van der Waals surface area contributed by atoms with E-state index in [9.17, 15) is 9.59 Å². The maximum absolute atomic E-state index is 13.2. The molecule has 1 fully saturated rings. The summed E-state index contributed by atoms with van der Waals surface area (Å²) in [7, 11) is 3.85. The summed E-state index contributed by atoms with van der Waals surface area (Å²) in [5.41, 5.74) is 5.32. The molecule has 1 aromatic heterocycles. The third kappa shape index (κ3) is 3.75. The van der Waals surface area contributed by atoms with Gasteiger partial charge in [-0.2, -0.15) is 0 Å². The summed E-state index contributed by atoms with van der Waals surface area (Å²) in [4.78, 5) is 28.0. The number of amides is 1. The molecule has 0 radical (unpaired) electrons. The Morgan fingerprint density at radius 2 is 1.93 bits per heavy atom. The lowest BCUT2D eigenvalue weighted by atomic mass is 9.92. The molecule has 146 valence electrons. The zero-order chi connectivity index (χ0) is 19.8. The van der Waals surface area contributed by atoms with Crippen LogP contribution >= 0.6 is 0 Å². The molecule has 1 heterocycles. The van der Waals surface area contributed by atoms with Crippen molar-refractivity contribution in [3.8, 4) is 0 Å². The van der Waals surface area contributed by atoms with E-state index in [1.54, 1.807) is 0 Å². The zero-order valence-corrected chi connectivity index (χ0v) is 16.8. The van der Waals surface area contributed by atoms with Crippen LogP contribution in [0.5, 0.6) is 0 Å². The lowest BCUT2D eigenvalue weighted by Gasteiger charge is -2.20. The topological polar surface area (TPSA) is 54.3 Å². The van der Waals surface area contributed by atoms with Crippen LogP contribution in [0.1, 0.15) is 56.9 Å². The van der Waals surface area contributed by atoms with Crippen LogP contribution < -0.4 is 5.32 Å². The number of nitrogens with one attached hydrogen (secondary N) is 1. The molecule has 28 heavy (non-hydrogen) atoms. The first kappa shape index (κ1) is 18.5. The van der Waals surface area contributed by atoms with Crippen molar-refractivity contribution < 1.29 is 9.59 Å². The molecule has 0 atom stereocenters. The third-order valence-corrected chi connectivity index (χ3v) is 5.37. The highest BCUT2D eigenvalue weighted by atomic mass is 16.2. The van der Waals surface area contributed by atoms with Gasteiger partial charge >= 0.3 is 0 Å². The van der Waals surface area contributed by atoms with Crippen molar-refractivity contribution in [2.45, 2.75) is 45.2 Å². The van der Waals surface area contributed by atoms with Gasteiger partial charge in [0.25, 0.3) is 5.91 Å². The van der Waals surface area contributed by atoms with E-state index in [0.717, 1.165) is 36.0 Å². The summed E-state index contributed by atoms with van der Waals surface area (Å²) in [6, 6.07) is 10.5. The second-order valence-corrected chi connectivity index (χ2v) is 8.17. The van der Waals surface area contributed by atoms with Crippen molar-refractivity contribution in [1.29, 1.82) is 0 Å². The number of allylic oxidation sites excluding steroid dienone is 1. The lowest BCUT2D eigenvalue weighted by molar-refractivity contribution is 0.0942. The molecule has 0 unspecified atom stereocenters. The van der Waals surface area contributed by atoms with E-state index in [4.69, 9.17) is 0 Å². The zero-order valence-electron chi connectivity index (χ0n) is 16.8. The Morgan fingerprint density at radius 1 is 1.21 bits per heavy atom. The minimum Gasteiger partial charge on any atom is -0.383 e. The van der Waals surface area contributed by atoms with Crippen molar-refractivity contribution in [3.63, 3.8) is 0 Å². The first-order chi connectivity index (χ1) is 13.4. The molecule has 1 amide bonds. The monoisotopic (exact) mass is 377 g/mol. The SMILES string of the molecule is Cc1ccc(Cn2c(C(=O)NC3CC3)cc3c2C(=O)/C(=C/N(C)C)CC3)cc1. The molecule has 0 aliphatic heterocycles. The van der Waals surface area contributed by atoms with Gasteiger partial charge in [0.1, 0.15) is 5.69 Å². The fourth-order valence-corrected chi connectivity index (χ4v) is 3.75. The Hall–Kier alpha value is -2.82. The number of hydrogen-bond acceptors (Lipinski definition) is 3. The highest BCUT2D eigenvalue weighted by Gasteiger charge is 2.32. The summed E-state index contributed by atoms with van der Waals surface area (Å²) in [5.74, 6) is -0.0394. The van der Waals surface area contributed by atoms with E-state index in [1.807, 2.05) is 35.8 Å². The van der Waals surface area contributed by atoms with E-state index >= 15 is 0 Å². The molecule has 2 aliphatic carbocycles. The van der Waals surface area contributed by atoms with Gasteiger partial charge in [-0.3, -0.25) is 9.59 Å². The van der Waals surface area contributed by atoms with Gasteiger partial charge in [0.2, 0.25) is 5.78 Å². The Labute approximate surface area is 166 Å².